The Morgan fingerprint density at radius 1 is 1.11 bits per heavy atom. The zero-order chi connectivity index (χ0) is 24.8. The van der Waals surface area contributed by atoms with Gasteiger partial charge in [0.05, 0.1) is 6.04 Å². The number of rotatable bonds is 5. The fourth-order valence-corrected chi connectivity index (χ4v) is 4.44. The Morgan fingerprint density at radius 3 is 2.74 bits per heavy atom. The van der Waals surface area contributed by atoms with Crippen LogP contribution >= 0.6 is 0 Å². The van der Waals surface area contributed by atoms with E-state index in [2.05, 4.69) is 25.5 Å². The first-order valence-corrected chi connectivity index (χ1v) is 11.8. The number of carbonyl (C=O) groups is 2. The number of halogens is 1. The van der Waals surface area contributed by atoms with E-state index in [1.165, 1.54) is 4.90 Å². The monoisotopic (exact) mass is 485 g/mol. The van der Waals surface area contributed by atoms with E-state index in [0.29, 0.717) is 23.9 Å². The molecule has 0 aromatic carbocycles. The van der Waals surface area contributed by atoms with Crippen molar-refractivity contribution < 1.29 is 18.7 Å². The molecule has 2 fully saturated rings. The lowest BCUT2D eigenvalue weighted by Gasteiger charge is -2.40. The Hall–Kier alpha value is -3.47. The maximum Gasteiger partial charge on any atom is 0.411 e. The van der Waals surface area contributed by atoms with E-state index >= 15 is 0 Å². The highest BCUT2D eigenvalue weighted by Gasteiger charge is 2.35. The number of nitrogens with one attached hydrogen (secondary N) is 2. The minimum absolute atomic E-state index is 0.132. The molecule has 4 heterocycles. The third-order valence-electron chi connectivity index (χ3n) is 6.39. The zero-order valence-electron chi connectivity index (χ0n) is 20.1. The number of anilines is 3. The number of nitrogens with zero attached hydrogens (tertiary/aromatic N) is 5. The van der Waals surface area contributed by atoms with Gasteiger partial charge in [0, 0.05) is 50.8 Å². The number of hydrogen-bond acceptors (Lipinski definition) is 7. The van der Waals surface area contributed by atoms with E-state index in [-0.39, 0.29) is 19.1 Å². The van der Waals surface area contributed by atoms with Gasteiger partial charge in [-0.2, -0.15) is 0 Å². The van der Waals surface area contributed by atoms with Crippen LogP contribution in [0.1, 0.15) is 19.3 Å². The summed E-state index contributed by atoms with van der Waals surface area (Å²) >= 11 is 0. The number of piperidine rings is 2. The molecule has 2 N–H and O–H groups in total. The highest BCUT2D eigenvalue weighted by Crippen LogP contribution is 2.25. The molecule has 0 spiro atoms. The summed E-state index contributed by atoms with van der Waals surface area (Å²) in [5, 5.41) is 5.46. The van der Waals surface area contributed by atoms with Crippen LogP contribution in [0, 0.1) is 0 Å². The van der Waals surface area contributed by atoms with Gasteiger partial charge in [0.2, 0.25) is 0 Å². The normalized spacial score (nSPS) is 22.8. The number of aromatic nitrogens is 2. The van der Waals surface area contributed by atoms with Gasteiger partial charge in [0.1, 0.15) is 23.9 Å². The zero-order valence-corrected chi connectivity index (χ0v) is 20.1. The second-order valence-electron chi connectivity index (χ2n) is 9.03. The predicted molar refractivity (Wildman–Crippen MR) is 131 cm³/mol. The van der Waals surface area contributed by atoms with Gasteiger partial charge in [-0.15, -0.1) is 0 Å². The van der Waals surface area contributed by atoms with Crippen molar-refractivity contribution >= 4 is 29.4 Å². The smallest absolute Gasteiger partial charge is 0.411 e. The third kappa shape index (κ3) is 6.56. The maximum atomic E-state index is 14.8. The van der Waals surface area contributed by atoms with Crippen molar-refractivity contribution in [1.29, 1.82) is 0 Å². The molecule has 188 valence electrons. The van der Waals surface area contributed by atoms with Gasteiger partial charge in [-0.3, -0.25) is 10.6 Å². The van der Waals surface area contributed by atoms with Gasteiger partial charge in [0.25, 0.3) is 0 Å². The summed E-state index contributed by atoms with van der Waals surface area (Å²) in [4.78, 5) is 39.0. The summed E-state index contributed by atoms with van der Waals surface area (Å²) in [6.07, 6.45) is 3.45. The molecule has 11 heteroatoms. The van der Waals surface area contributed by atoms with Crippen LogP contribution in [0.25, 0.3) is 0 Å². The summed E-state index contributed by atoms with van der Waals surface area (Å²) in [7, 11) is 3.58. The molecule has 2 aromatic heterocycles. The molecule has 3 atom stereocenters. The van der Waals surface area contributed by atoms with Crippen LogP contribution in [0.5, 0.6) is 0 Å². The molecule has 0 unspecified atom stereocenters. The molecule has 0 saturated carbocycles. The second kappa shape index (κ2) is 11.3. The van der Waals surface area contributed by atoms with Crippen LogP contribution in [0.15, 0.2) is 42.7 Å². The molecule has 0 bridgehead atoms. The summed E-state index contributed by atoms with van der Waals surface area (Å²) in [6, 6.07) is 7.50. The van der Waals surface area contributed by atoms with Crippen LogP contribution < -0.4 is 15.5 Å². The Labute approximate surface area is 204 Å². The molecule has 3 amide bonds. The van der Waals surface area contributed by atoms with Gasteiger partial charge in [-0.1, -0.05) is 6.07 Å². The average molecular weight is 486 g/mol. The molecule has 4 rings (SSSR count). The van der Waals surface area contributed by atoms with E-state index < -0.39 is 24.3 Å². The van der Waals surface area contributed by atoms with Crippen LogP contribution in [0.3, 0.4) is 0 Å². The number of hydrogen-bond donors (Lipinski definition) is 2. The number of likely N-dealkylation sites (N-methyl/N-ethyl adjacent to an activating group) is 2. The molecule has 2 saturated heterocycles. The summed E-state index contributed by atoms with van der Waals surface area (Å²) in [6.45, 7) is 2.44. The van der Waals surface area contributed by atoms with Crippen LogP contribution in [0.4, 0.5) is 31.3 Å². The van der Waals surface area contributed by atoms with E-state index in [4.69, 9.17) is 4.74 Å². The van der Waals surface area contributed by atoms with E-state index in [1.54, 1.807) is 49.8 Å². The highest BCUT2D eigenvalue weighted by molar-refractivity contribution is 5.88. The molecular weight excluding hydrogens is 453 g/mol. The summed E-state index contributed by atoms with van der Waals surface area (Å²) in [5.41, 5.74) is 0.546. The van der Waals surface area contributed by atoms with Crippen LogP contribution in [0.2, 0.25) is 0 Å². The number of carbonyl (C=O) groups excluding carboxylic acids is 2. The minimum atomic E-state index is -1.17. The number of pyridine rings is 2. The molecule has 0 radical (unpaired) electrons. The predicted octanol–water partition coefficient (Wildman–Crippen LogP) is 3.20. The number of likely N-dealkylation sites (tertiary alicyclic amines) is 1. The van der Waals surface area contributed by atoms with E-state index in [0.717, 1.165) is 25.9 Å². The van der Waals surface area contributed by atoms with Crippen molar-refractivity contribution in [2.45, 2.75) is 37.6 Å². The summed E-state index contributed by atoms with van der Waals surface area (Å²) < 4.78 is 20.4. The quantitative estimate of drug-likeness (QED) is 0.670. The second-order valence-corrected chi connectivity index (χ2v) is 9.03. The molecule has 10 nitrogen and oxygen atoms in total. The van der Waals surface area contributed by atoms with Crippen LogP contribution in [-0.2, 0) is 4.74 Å². The fourth-order valence-electron chi connectivity index (χ4n) is 4.44. The molecule has 2 aliphatic heterocycles. The lowest BCUT2D eigenvalue weighted by Crippen LogP contribution is -2.55. The van der Waals surface area contributed by atoms with Crippen molar-refractivity contribution in [3.8, 4) is 0 Å². The minimum Gasteiger partial charge on any atom is -0.445 e. The topological polar surface area (TPSA) is 103 Å². The SMILES string of the molecule is CN1CCC[C@H](OC(=O)Nc2ccnc(N3CC[C@@H](F)[C@@H](N(C)C(=O)Nc4ccccn4)C3)c2)C1. The van der Waals surface area contributed by atoms with Crippen molar-refractivity contribution in [2.75, 3.05) is 55.8 Å². The summed E-state index contributed by atoms with van der Waals surface area (Å²) in [5.74, 6) is 0.996. The number of alkyl halides is 1. The first-order chi connectivity index (χ1) is 16.9. The third-order valence-corrected chi connectivity index (χ3v) is 6.39. The average Bonchev–Trinajstić information content (AvgIpc) is 2.84. The largest absolute Gasteiger partial charge is 0.445 e. The number of amides is 3. The number of urea groups is 1. The van der Waals surface area contributed by atoms with Gasteiger partial charge in [0.15, 0.2) is 0 Å². The fraction of sp³-hybridized carbons (Fsp3) is 0.500. The van der Waals surface area contributed by atoms with Gasteiger partial charge < -0.3 is 19.4 Å². The van der Waals surface area contributed by atoms with Gasteiger partial charge in [-0.05, 0) is 51.1 Å². The molecular formula is C24H32FN7O3. The molecule has 2 aromatic rings. The molecule has 0 aliphatic carbocycles. The lowest BCUT2D eigenvalue weighted by atomic mass is 10.0. The van der Waals surface area contributed by atoms with Crippen molar-refractivity contribution in [2.24, 2.45) is 0 Å². The number of ether oxygens (including phenoxy) is 1. The standard InChI is InChI=1S/C24H32FN7O3/c1-30-12-5-6-18(15-30)35-24(34)28-17-8-11-27-22(14-17)32-13-9-19(25)20(16-32)31(2)23(33)29-21-7-3-4-10-26-21/h3-4,7-8,10-11,14,18-20H,5-6,9,12-13,15-16H2,1-2H3,(H,26,29,33)(H,27,28,34)/t18-,19+,20-/m0/s1. The van der Waals surface area contributed by atoms with E-state index in [9.17, 15) is 14.0 Å². The first-order valence-electron chi connectivity index (χ1n) is 11.8. The van der Waals surface area contributed by atoms with Crippen molar-refractivity contribution in [3.63, 3.8) is 0 Å². The maximum absolute atomic E-state index is 14.8. The first kappa shape index (κ1) is 24.6. The molecule has 2 aliphatic rings. The van der Waals surface area contributed by atoms with Gasteiger partial charge in [-0.25, -0.2) is 23.9 Å². The Morgan fingerprint density at radius 2 is 1.97 bits per heavy atom. The lowest BCUT2D eigenvalue weighted by molar-refractivity contribution is 0.0593. The van der Waals surface area contributed by atoms with Crippen molar-refractivity contribution in [1.82, 2.24) is 19.8 Å². The van der Waals surface area contributed by atoms with E-state index in [1.807, 2.05) is 11.9 Å². The molecule has 35 heavy (non-hydrogen) atoms. The highest BCUT2D eigenvalue weighted by atomic mass is 19.1. The Kier molecular flexibility index (Phi) is 7.96. The van der Waals surface area contributed by atoms with Crippen LogP contribution in [-0.4, -0.2) is 90.5 Å². The van der Waals surface area contributed by atoms with Crippen molar-refractivity contribution in [3.05, 3.63) is 42.7 Å². The van der Waals surface area contributed by atoms with Gasteiger partial charge >= 0.3 is 12.1 Å². The Balaban J connectivity index is 1.36. The Bertz CT molecular complexity index is 1010.